The lowest BCUT2D eigenvalue weighted by Gasteiger charge is -2.37. The van der Waals surface area contributed by atoms with Gasteiger partial charge < -0.3 is 19.7 Å². The lowest BCUT2D eigenvalue weighted by Crippen LogP contribution is -2.44. The topological polar surface area (TPSA) is 50.8 Å². The minimum absolute atomic E-state index is 0.0390. The highest BCUT2D eigenvalue weighted by Crippen LogP contribution is 2.38. The fourth-order valence-electron chi connectivity index (χ4n) is 4.85. The SMILES string of the molecule is COC(=O)c1ccc(N2CC(CNC(C)c3cccc4ccccc34)Oc3ccccc32)cc1C. The van der Waals surface area contributed by atoms with Gasteiger partial charge in [0.15, 0.2) is 0 Å². The van der Waals surface area contributed by atoms with Crippen molar-refractivity contribution in [2.75, 3.05) is 25.1 Å². The standard InChI is InChI=1S/C30H30N2O3/c1-20-17-23(15-16-25(20)30(33)34-3)32-19-24(35-29-14-7-6-13-28(29)32)18-31-21(2)26-12-8-10-22-9-4-5-11-27(22)26/h4-17,21,24,31H,18-19H2,1-3H3. The van der Waals surface area contributed by atoms with Crippen molar-refractivity contribution in [1.29, 1.82) is 0 Å². The zero-order chi connectivity index (χ0) is 24.4. The molecular formula is C30H30N2O3. The van der Waals surface area contributed by atoms with Crippen LogP contribution in [0.1, 0.15) is 34.5 Å². The number of anilines is 2. The Morgan fingerprint density at radius 2 is 1.83 bits per heavy atom. The van der Waals surface area contributed by atoms with Gasteiger partial charge in [0, 0.05) is 18.3 Å². The van der Waals surface area contributed by atoms with E-state index >= 15 is 0 Å². The van der Waals surface area contributed by atoms with Gasteiger partial charge in [-0.3, -0.25) is 0 Å². The third-order valence-electron chi connectivity index (χ3n) is 6.70. The molecule has 4 aromatic carbocycles. The minimum Gasteiger partial charge on any atom is -0.485 e. The molecule has 0 aromatic heterocycles. The van der Waals surface area contributed by atoms with E-state index < -0.39 is 0 Å². The Balaban J connectivity index is 1.37. The number of hydrogen-bond donors (Lipinski definition) is 1. The number of carbonyl (C=O) groups excluding carboxylic acids is 1. The molecule has 1 N–H and O–H groups in total. The molecule has 0 fully saturated rings. The third kappa shape index (κ3) is 4.60. The van der Waals surface area contributed by atoms with Gasteiger partial charge in [0.25, 0.3) is 0 Å². The first-order valence-electron chi connectivity index (χ1n) is 12.0. The van der Waals surface area contributed by atoms with E-state index in [4.69, 9.17) is 9.47 Å². The number of nitrogens with one attached hydrogen (secondary N) is 1. The van der Waals surface area contributed by atoms with Gasteiger partial charge in [-0.05, 0) is 66.1 Å². The van der Waals surface area contributed by atoms with E-state index in [9.17, 15) is 4.79 Å². The summed E-state index contributed by atoms with van der Waals surface area (Å²) >= 11 is 0. The van der Waals surface area contributed by atoms with E-state index in [1.54, 1.807) is 0 Å². The number of rotatable bonds is 6. The Hall–Kier alpha value is -3.83. The molecule has 0 spiro atoms. The van der Waals surface area contributed by atoms with Crippen molar-refractivity contribution in [3.8, 4) is 5.75 Å². The van der Waals surface area contributed by atoms with Crippen LogP contribution in [-0.4, -0.2) is 32.3 Å². The van der Waals surface area contributed by atoms with Gasteiger partial charge in [0.2, 0.25) is 0 Å². The highest BCUT2D eigenvalue weighted by molar-refractivity contribution is 5.92. The Labute approximate surface area is 206 Å². The monoisotopic (exact) mass is 466 g/mol. The summed E-state index contributed by atoms with van der Waals surface area (Å²) in [5.41, 5.74) is 4.80. The van der Waals surface area contributed by atoms with Crippen LogP contribution >= 0.6 is 0 Å². The first-order chi connectivity index (χ1) is 17.0. The second-order valence-corrected chi connectivity index (χ2v) is 9.01. The number of carbonyl (C=O) groups is 1. The van der Waals surface area contributed by atoms with Crippen molar-refractivity contribution in [2.24, 2.45) is 0 Å². The van der Waals surface area contributed by atoms with Crippen LogP contribution in [-0.2, 0) is 4.74 Å². The van der Waals surface area contributed by atoms with Crippen LogP contribution in [0.3, 0.4) is 0 Å². The highest BCUT2D eigenvalue weighted by atomic mass is 16.5. The van der Waals surface area contributed by atoms with Gasteiger partial charge in [-0.2, -0.15) is 0 Å². The second-order valence-electron chi connectivity index (χ2n) is 9.01. The molecule has 4 aromatic rings. The molecule has 2 unspecified atom stereocenters. The Bertz CT molecular complexity index is 1360. The predicted octanol–water partition coefficient (Wildman–Crippen LogP) is 6.18. The molecule has 0 radical (unpaired) electrons. The number of methoxy groups -OCH3 is 1. The van der Waals surface area contributed by atoms with Gasteiger partial charge in [0.1, 0.15) is 11.9 Å². The number of hydrogen-bond acceptors (Lipinski definition) is 5. The first kappa shape index (κ1) is 22.9. The average Bonchev–Trinajstić information content (AvgIpc) is 2.90. The number of aryl methyl sites for hydroxylation is 1. The quantitative estimate of drug-likeness (QED) is 0.344. The van der Waals surface area contributed by atoms with Gasteiger partial charge in [0.05, 0.1) is 24.9 Å². The molecule has 0 bridgehead atoms. The first-order valence-corrected chi connectivity index (χ1v) is 12.0. The number of benzene rings is 4. The second kappa shape index (κ2) is 9.80. The molecule has 1 aliphatic rings. The lowest BCUT2D eigenvalue weighted by molar-refractivity contribution is 0.0600. The van der Waals surface area contributed by atoms with E-state index in [2.05, 4.69) is 65.7 Å². The van der Waals surface area contributed by atoms with Crippen LogP contribution < -0.4 is 15.0 Å². The molecule has 0 amide bonds. The summed E-state index contributed by atoms with van der Waals surface area (Å²) in [6.07, 6.45) is -0.0390. The van der Waals surface area contributed by atoms with Crippen LogP contribution in [0.2, 0.25) is 0 Å². The molecule has 2 atom stereocenters. The van der Waals surface area contributed by atoms with E-state index in [0.717, 1.165) is 22.7 Å². The number of ether oxygens (including phenoxy) is 2. The molecular weight excluding hydrogens is 436 g/mol. The summed E-state index contributed by atoms with van der Waals surface area (Å²) in [7, 11) is 1.41. The molecule has 5 rings (SSSR count). The third-order valence-corrected chi connectivity index (χ3v) is 6.70. The number of nitrogens with zero attached hydrogens (tertiary/aromatic N) is 1. The maximum atomic E-state index is 12.1. The Kier molecular flexibility index (Phi) is 6.43. The molecule has 35 heavy (non-hydrogen) atoms. The lowest BCUT2D eigenvalue weighted by atomic mass is 9.99. The number of para-hydroxylation sites is 2. The maximum absolute atomic E-state index is 12.1. The van der Waals surface area contributed by atoms with Crippen LogP contribution in [0.25, 0.3) is 10.8 Å². The van der Waals surface area contributed by atoms with E-state index in [1.807, 2.05) is 43.3 Å². The van der Waals surface area contributed by atoms with Gasteiger partial charge in [-0.25, -0.2) is 4.79 Å². The fraction of sp³-hybridized carbons (Fsp3) is 0.233. The van der Waals surface area contributed by atoms with Crippen LogP contribution in [0, 0.1) is 6.92 Å². The molecule has 0 saturated carbocycles. The van der Waals surface area contributed by atoms with Crippen molar-refractivity contribution in [2.45, 2.75) is 26.0 Å². The summed E-state index contributed by atoms with van der Waals surface area (Å²) < 4.78 is 11.3. The molecule has 5 nitrogen and oxygen atoms in total. The fourth-order valence-corrected chi connectivity index (χ4v) is 4.85. The summed E-state index contributed by atoms with van der Waals surface area (Å²) in [6, 6.07) is 29.1. The van der Waals surface area contributed by atoms with Crippen molar-refractivity contribution >= 4 is 28.1 Å². The molecule has 1 heterocycles. The Morgan fingerprint density at radius 3 is 2.66 bits per heavy atom. The van der Waals surface area contributed by atoms with Crippen molar-refractivity contribution in [3.05, 3.63) is 102 Å². The van der Waals surface area contributed by atoms with Crippen LogP contribution in [0.15, 0.2) is 84.9 Å². The molecule has 178 valence electrons. The molecule has 0 saturated heterocycles. The maximum Gasteiger partial charge on any atom is 0.338 e. The van der Waals surface area contributed by atoms with Crippen molar-refractivity contribution in [1.82, 2.24) is 5.32 Å². The normalized spacial score (nSPS) is 15.9. The van der Waals surface area contributed by atoms with E-state index in [0.29, 0.717) is 18.7 Å². The molecule has 1 aliphatic heterocycles. The Morgan fingerprint density at radius 1 is 1.06 bits per heavy atom. The van der Waals surface area contributed by atoms with E-state index in [-0.39, 0.29) is 18.1 Å². The van der Waals surface area contributed by atoms with Gasteiger partial charge in [-0.15, -0.1) is 0 Å². The van der Waals surface area contributed by atoms with E-state index in [1.165, 1.54) is 23.4 Å². The number of esters is 1. The molecule has 0 aliphatic carbocycles. The summed E-state index contributed by atoms with van der Waals surface area (Å²) in [5, 5.41) is 6.21. The zero-order valence-corrected chi connectivity index (χ0v) is 20.3. The minimum atomic E-state index is -0.319. The van der Waals surface area contributed by atoms with Gasteiger partial charge in [-0.1, -0.05) is 54.6 Å². The number of fused-ring (bicyclic) bond motifs is 2. The van der Waals surface area contributed by atoms with Gasteiger partial charge >= 0.3 is 5.97 Å². The average molecular weight is 467 g/mol. The predicted molar refractivity (Wildman–Crippen MR) is 141 cm³/mol. The zero-order valence-electron chi connectivity index (χ0n) is 20.3. The smallest absolute Gasteiger partial charge is 0.338 e. The highest BCUT2D eigenvalue weighted by Gasteiger charge is 2.27. The largest absolute Gasteiger partial charge is 0.485 e. The van der Waals surface area contributed by atoms with Crippen molar-refractivity contribution < 1.29 is 14.3 Å². The van der Waals surface area contributed by atoms with Crippen LogP contribution in [0.5, 0.6) is 5.75 Å². The summed E-state index contributed by atoms with van der Waals surface area (Å²) in [5.74, 6) is 0.541. The summed E-state index contributed by atoms with van der Waals surface area (Å²) in [6.45, 7) is 5.54. The van der Waals surface area contributed by atoms with Crippen LogP contribution in [0.4, 0.5) is 11.4 Å². The van der Waals surface area contributed by atoms with Crippen molar-refractivity contribution in [3.63, 3.8) is 0 Å². The molecule has 5 heteroatoms. The summed E-state index contributed by atoms with van der Waals surface area (Å²) in [4.78, 5) is 14.3.